The lowest BCUT2D eigenvalue weighted by Crippen LogP contribution is -2.46. The maximum absolute atomic E-state index is 12.7. The van der Waals surface area contributed by atoms with E-state index in [1.165, 1.54) is 6.42 Å². The van der Waals surface area contributed by atoms with Crippen molar-refractivity contribution in [2.75, 3.05) is 24.6 Å². The van der Waals surface area contributed by atoms with E-state index in [0.717, 1.165) is 25.7 Å². The van der Waals surface area contributed by atoms with E-state index >= 15 is 0 Å². The molecule has 1 saturated carbocycles. The van der Waals surface area contributed by atoms with Gasteiger partial charge in [-0.15, -0.1) is 12.4 Å². The Kier molecular flexibility index (Phi) is 9.70. The lowest BCUT2D eigenvalue weighted by Gasteiger charge is -2.38. The van der Waals surface area contributed by atoms with Crippen LogP contribution in [0.15, 0.2) is 0 Å². The second-order valence-corrected chi connectivity index (χ2v) is 9.07. The van der Waals surface area contributed by atoms with Gasteiger partial charge in [0.05, 0.1) is 5.75 Å². The van der Waals surface area contributed by atoms with Crippen LogP contribution in [-0.4, -0.2) is 49.9 Å². The third-order valence-electron chi connectivity index (χ3n) is 5.00. The average molecular weight is 369 g/mol. The molecule has 1 aliphatic rings. The molecular weight excluding hydrogens is 336 g/mol. The SMILES string of the molecule is CCN(C(=O)CC1(CN)CCCCC1)C(C)CS(=O)(=O)CC.Cl. The Morgan fingerprint density at radius 3 is 2.22 bits per heavy atom. The summed E-state index contributed by atoms with van der Waals surface area (Å²) in [4.78, 5) is 14.4. The number of carbonyl (C=O) groups is 1. The van der Waals surface area contributed by atoms with Crippen molar-refractivity contribution >= 4 is 28.2 Å². The van der Waals surface area contributed by atoms with Crippen molar-refractivity contribution in [3.05, 3.63) is 0 Å². The first-order valence-corrected chi connectivity index (χ1v) is 10.3. The fraction of sp³-hybridized carbons (Fsp3) is 0.938. The van der Waals surface area contributed by atoms with Crippen LogP contribution in [0.5, 0.6) is 0 Å². The minimum Gasteiger partial charge on any atom is -0.339 e. The van der Waals surface area contributed by atoms with Crippen LogP contribution in [0.2, 0.25) is 0 Å². The number of halogens is 1. The Bertz CT molecular complexity index is 462. The smallest absolute Gasteiger partial charge is 0.223 e. The first-order chi connectivity index (χ1) is 10.3. The Hall–Kier alpha value is -0.330. The van der Waals surface area contributed by atoms with Gasteiger partial charge in [0.1, 0.15) is 0 Å². The van der Waals surface area contributed by atoms with E-state index in [0.29, 0.717) is 19.5 Å². The van der Waals surface area contributed by atoms with Gasteiger partial charge in [0.15, 0.2) is 9.84 Å². The van der Waals surface area contributed by atoms with Gasteiger partial charge in [0.25, 0.3) is 0 Å². The van der Waals surface area contributed by atoms with E-state index in [-0.39, 0.29) is 41.3 Å². The second kappa shape index (κ2) is 9.84. The minimum atomic E-state index is -3.08. The maximum atomic E-state index is 12.7. The predicted octanol–water partition coefficient (Wildman–Crippen LogP) is 2.38. The van der Waals surface area contributed by atoms with Crippen LogP contribution in [0, 0.1) is 5.41 Å². The molecule has 138 valence electrons. The van der Waals surface area contributed by atoms with Crippen LogP contribution in [0.4, 0.5) is 0 Å². The van der Waals surface area contributed by atoms with Crippen molar-refractivity contribution in [2.45, 2.75) is 65.3 Å². The van der Waals surface area contributed by atoms with Crippen LogP contribution in [0.25, 0.3) is 0 Å². The first-order valence-electron chi connectivity index (χ1n) is 8.49. The molecular formula is C16H33ClN2O3S. The molecule has 1 unspecified atom stereocenters. The number of carbonyl (C=O) groups excluding carboxylic acids is 1. The Balaban J connectivity index is 0.00000484. The zero-order valence-electron chi connectivity index (χ0n) is 14.7. The monoisotopic (exact) mass is 368 g/mol. The number of hydrogen-bond donors (Lipinski definition) is 1. The predicted molar refractivity (Wildman–Crippen MR) is 97.6 cm³/mol. The molecule has 1 amide bonds. The minimum absolute atomic E-state index is 0. The van der Waals surface area contributed by atoms with Crippen molar-refractivity contribution in [1.82, 2.24) is 4.90 Å². The molecule has 5 nitrogen and oxygen atoms in total. The number of rotatable bonds is 8. The highest BCUT2D eigenvalue weighted by Gasteiger charge is 2.35. The summed E-state index contributed by atoms with van der Waals surface area (Å²) in [7, 11) is -3.08. The molecule has 0 radical (unpaired) electrons. The molecule has 23 heavy (non-hydrogen) atoms. The highest BCUT2D eigenvalue weighted by Crippen LogP contribution is 2.38. The summed E-state index contributed by atoms with van der Waals surface area (Å²) in [6.45, 7) is 6.46. The van der Waals surface area contributed by atoms with Crippen molar-refractivity contribution < 1.29 is 13.2 Å². The summed E-state index contributed by atoms with van der Waals surface area (Å²) in [5.41, 5.74) is 5.88. The molecule has 1 rings (SSSR count). The largest absolute Gasteiger partial charge is 0.339 e. The number of nitrogens with two attached hydrogens (primary N) is 1. The van der Waals surface area contributed by atoms with Crippen molar-refractivity contribution in [1.29, 1.82) is 0 Å². The normalized spacial score (nSPS) is 18.8. The molecule has 2 N–H and O–H groups in total. The Morgan fingerprint density at radius 2 is 1.78 bits per heavy atom. The molecule has 0 aromatic heterocycles. The standard InChI is InChI=1S/C16H32N2O3S.ClH/c1-4-18(14(3)12-22(20,21)5-2)15(19)11-16(13-17)9-7-6-8-10-16;/h14H,4-13,17H2,1-3H3;1H. The highest BCUT2D eigenvalue weighted by molar-refractivity contribution is 7.91. The Morgan fingerprint density at radius 1 is 1.22 bits per heavy atom. The molecule has 0 saturated heterocycles. The molecule has 0 heterocycles. The maximum Gasteiger partial charge on any atom is 0.223 e. The van der Waals surface area contributed by atoms with E-state index in [9.17, 15) is 13.2 Å². The summed E-state index contributed by atoms with van der Waals surface area (Å²) < 4.78 is 23.6. The summed E-state index contributed by atoms with van der Waals surface area (Å²) in [5.74, 6) is 0.211. The van der Waals surface area contributed by atoms with Crippen LogP contribution >= 0.6 is 12.4 Å². The zero-order chi connectivity index (χ0) is 16.8. The molecule has 0 spiro atoms. The van der Waals surface area contributed by atoms with Gasteiger partial charge < -0.3 is 10.6 Å². The van der Waals surface area contributed by atoms with Gasteiger partial charge in [-0.3, -0.25) is 4.79 Å². The van der Waals surface area contributed by atoms with Gasteiger partial charge in [-0.1, -0.05) is 26.2 Å². The summed E-state index contributed by atoms with van der Waals surface area (Å²) >= 11 is 0. The highest BCUT2D eigenvalue weighted by atomic mass is 35.5. The molecule has 0 aromatic carbocycles. The molecule has 0 bridgehead atoms. The number of amides is 1. The van der Waals surface area contributed by atoms with Crippen LogP contribution < -0.4 is 5.73 Å². The van der Waals surface area contributed by atoms with Crippen molar-refractivity contribution in [2.24, 2.45) is 11.1 Å². The quantitative estimate of drug-likeness (QED) is 0.713. The second-order valence-electron chi connectivity index (χ2n) is 6.67. The molecule has 1 atom stereocenters. The number of nitrogens with zero attached hydrogens (tertiary/aromatic N) is 1. The van der Waals surface area contributed by atoms with Gasteiger partial charge in [0.2, 0.25) is 5.91 Å². The van der Waals surface area contributed by atoms with Gasteiger partial charge in [0, 0.05) is 24.8 Å². The fourth-order valence-electron chi connectivity index (χ4n) is 3.49. The first kappa shape index (κ1) is 22.7. The van der Waals surface area contributed by atoms with Gasteiger partial charge >= 0.3 is 0 Å². The molecule has 7 heteroatoms. The topological polar surface area (TPSA) is 80.5 Å². The lowest BCUT2D eigenvalue weighted by atomic mass is 9.71. The van der Waals surface area contributed by atoms with Crippen molar-refractivity contribution in [3.63, 3.8) is 0 Å². The van der Waals surface area contributed by atoms with Gasteiger partial charge in [-0.05, 0) is 38.6 Å². The van der Waals surface area contributed by atoms with E-state index in [2.05, 4.69) is 0 Å². The molecule has 0 aromatic rings. The van der Waals surface area contributed by atoms with Crippen LogP contribution in [-0.2, 0) is 14.6 Å². The molecule has 1 aliphatic carbocycles. The summed E-state index contributed by atoms with van der Waals surface area (Å²) in [5, 5.41) is 0. The third kappa shape index (κ3) is 6.59. The van der Waals surface area contributed by atoms with E-state index in [1.54, 1.807) is 11.8 Å². The van der Waals surface area contributed by atoms with Gasteiger partial charge in [-0.25, -0.2) is 8.42 Å². The molecule has 0 aliphatic heterocycles. The van der Waals surface area contributed by atoms with E-state index < -0.39 is 9.84 Å². The fourth-order valence-corrected chi connectivity index (χ4v) is 4.64. The summed E-state index contributed by atoms with van der Waals surface area (Å²) in [6.07, 6.45) is 5.96. The Labute approximate surface area is 147 Å². The van der Waals surface area contributed by atoms with Crippen LogP contribution in [0.1, 0.15) is 59.3 Å². The summed E-state index contributed by atoms with van der Waals surface area (Å²) in [6, 6.07) is -0.277. The van der Waals surface area contributed by atoms with Gasteiger partial charge in [-0.2, -0.15) is 0 Å². The number of sulfone groups is 1. The average Bonchev–Trinajstić information content (AvgIpc) is 2.48. The van der Waals surface area contributed by atoms with Crippen LogP contribution in [0.3, 0.4) is 0 Å². The lowest BCUT2D eigenvalue weighted by molar-refractivity contribution is -0.135. The molecule has 1 fully saturated rings. The van der Waals surface area contributed by atoms with E-state index in [1.807, 2.05) is 13.8 Å². The third-order valence-corrected chi connectivity index (χ3v) is 6.87. The number of hydrogen-bond acceptors (Lipinski definition) is 4. The van der Waals surface area contributed by atoms with Crippen molar-refractivity contribution in [3.8, 4) is 0 Å². The van der Waals surface area contributed by atoms with E-state index in [4.69, 9.17) is 5.73 Å². The zero-order valence-corrected chi connectivity index (χ0v) is 16.3.